The first-order valence-electron chi connectivity index (χ1n) is 3.58. The third kappa shape index (κ3) is 2.24. The molecule has 1 rings (SSSR count). The number of nitrogens with zero attached hydrogens (tertiary/aromatic N) is 2. The van der Waals surface area contributed by atoms with E-state index in [1.54, 1.807) is 0 Å². The zero-order chi connectivity index (χ0) is 8.97. The van der Waals surface area contributed by atoms with E-state index in [9.17, 15) is 4.79 Å². The molecule has 5 nitrogen and oxygen atoms in total. The van der Waals surface area contributed by atoms with Gasteiger partial charge in [0.1, 0.15) is 5.01 Å². The van der Waals surface area contributed by atoms with Crippen LogP contribution in [-0.4, -0.2) is 22.6 Å². The van der Waals surface area contributed by atoms with Gasteiger partial charge >= 0.3 is 0 Å². The maximum atomic E-state index is 10.8. The van der Waals surface area contributed by atoms with Crippen LogP contribution < -0.4 is 11.1 Å². The third-order valence-corrected chi connectivity index (χ3v) is 2.18. The molecule has 3 N–H and O–H groups in total. The molecule has 1 aromatic rings. The Morgan fingerprint density at radius 1 is 1.67 bits per heavy atom. The second kappa shape index (κ2) is 4.13. The molecule has 0 saturated carbocycles. The SMILES string of the molecule is CCc1nnc(NC(=O)CN)s1. The van der Waals surface area contributed by atoms with Crippen LogP contribution in [0.2, 0.25) is 0 Å². The summed E-state index contributed by atoms with van der Waals surface area (Å²) in [6.45, 7) is 1.95. The van der Waals surface area contributed by atoms with E-state index in [2.05, 4.69) is 15.5 Å². The summed E-state index contributed by atoms with van der Waals surface area (Å²) in [6.07, 6.45) is 0.830. The Balaban J connectivity index is 2.58. The fraction of sp³-hybridized carbons (Fsp3) is 0.500. The Morgan fingerprint density at radius 3 is 2.92 bits per heavy atom. The first kappa shape index (κ1) is 9.08. The smallest absolute Gasteiger partial charge is 0.239 e. The summed E-state index contributed by atoms with van der Waals surface area (Å²) in [4.78, 5) is 10.8. The molecule has 1 amide bonds. The molecule has 0 unspecified atom stereocenters. The maximum Gasteiger partial charge on any atom is 0.239 e. The number of hydrogen-bond acceptors (Lipinski definition) is 5. The van der Waals surface area contributed by atoms with E-state index in [1.165, 1.54) is 11.3 Å². The Labute approximate surface area is 74.0 Å². The summed E-state index contributed by atoms with van der Waals surface area (Å²) in [6, 6.07) is 0. The molecule has 0 bridgehead atoms. The first-order valence-corrected chi connectivity index (χ1v) is 4.40. The molecular weight excluding hydrogens is 176 g/mol. The number of carbonyl (C=O) groups excluding carboxylic acids is 1. The average molecular weight is 186 g/mol. The van der Waals surface area contributed by atoms with Crippen LogP contribution in [0.25, 0.3) is 0 Å². The van der Waals surface area contributed by atoms with Crippen LogP contribution in [0.3, 0.4) is 0 Å². The Kier molecular flexibility index (Phi) is 3.12. The third-order valence-electron chi connectivity index (χ3n) is 1.20. The molecule has 66 valence electrons. The topological polar surface area (TPSA) is 80.9 Å². The van der Waals surface area contributed by atoms with E-state index in [-0.39, 0.29) is 12.5 Å². The zero-order valence-corrected chi connectivity index (χ0v) is 7.52. The van der Waals surface area contributed by atoms with Gasteiger partial charge in [-0.15, -0.1) is 10.2 Å². The van der Waals surface area contributed by atoms with Crippen molar-refractivity contribution in [1.29, 1.82) is 0 Å². The summed E-state index contributed by atoms with van der Waals surface area (Å²) >= 11 is 1.37. The summed E-state index contributed by atoms with van der Waals surface area (Å²) < 4.78 is 0. The van der Waals surface area contributed by atoms with Gasteiger partial charge in [0.2, 0.25) is 11.0 Å². The van der Waals surface area contributed by atoms with E-state index in [0.717, 1.165) is 11.4 Å². The van der Waals surface area contributed by atoms with Crippen molar-refractivity contribution in [2.45, 2.75) is 13.3 Å². The highest BCUT2D eigenvalue weighted by Crippen LogP contribution is 2.14. The van der Waals surface area contributed by atoms with Crippen molar-refractivity contribution in [1.82, 2.24) is 10.2 Å². The van der Waals surface area contributed by atoms with Gasteiger partial charge in [0.05, 0.1) is 6.54 Å². The zero-order valence-electron chi connectivity index (χ0n) is 6.70. The molecule has 0 aromatic carbocycles. The summed E-state index contributed by atoms with van der Waals surface area (Å²) in [7, 11) is 0. The van der Waals surface area contributed by atoms with E-state index in [4.69, 9.17) is 5.73 Å². The molecule has 6 heteroatoms. The minimum atomic E-state index is -0.242. The van der Waals surface area contributed by atoms with Crippen LogP contribution >= 0.6 is 11.3 Å². The van der Waals surface area contributed by atoms with Crippen molar-refractivity contribution in [2.24, 2.45) is 5.73 Å². The molecule has 0 atom stereocenters. The number of aryl methyl sites for hydroxylation is 1. The summed E-state index contributed by atoms with van der Waals surface area (Å²) in [5, 5.41) is 11.5. The number of carbonyl (C=O) groups is 1. The lowest BCUT2D eigenvalue weighted by molar-refractivity contribution is -0.114. The second-order valence-electron chi connectivity index (χ2n) is 2.11. The quantitative estimate of drug-likeness (QED) is 0.696. The lowest BCUT2D eigenvalue weighted by atomic mass is 10.5. The molecule has 1 aromatic heterocycles. The van der Waals surface area contributed by atoms with Crippen LogP contribution in [0.15, 0.2) is 0 Å². The number of anilines is 1. The number of aromatic nitrogens is 2. The molecule has 0 aliphatic rings. The van der Waals surface area contributed by atoms with Crippen LogP contribution in [0.4, 0.5) is 5.13 Å². The maximum absolute atomic E-state index is 10.8. The molecule has 0 aliphatic carbocycles. The van der Waals surface area contributed by atoms with Gasteiger partial charge in [-0.3, -0.25) is 10.1 Å². The minimum absolute atomic E-state index is 0.0267. The van der Waals surface area contributed by atoms with Gasteiger partial charge in [0.15, 0.2) is 0 Å². The minimum Gasteiger partial charge on any atom is -0.322 e. The van der Waals surface area contributed by atoms with Crippen LogP contribution in [-0.2, 0) is 11.2 Å². The molecule has 12 heavy (non-hydrogen) atoms. The molecule has 0 fully saturated rings. The average Bonchev–Trinajstić information content (AvgIpc) is 2.52. The van der Waals surface area contributed by atoms with Crippen LogP contribution in [0.1, 0.15) is 11.9 Å². The highest BCUT2D eigenvalue weighted by molar-refractivity contribution is 7.15. The summed E-state index contributed by atoms with van der Waals surface area (Å²) in [5.74, 6) is -0.242. The van der Waals surface area contributed by atoms with Crippen molar-refractivity contribution >= 4 is 22.4 Å². The van der Waals surface area contributed by atoms with E-state index in [0.29, 0.717) is 5.13 Å². The molecule has 0 spiro atoms. The molecular formula is C6H10N4OS. The predicted molar refractivity (Wildman–Crippen MR) is 47.0 cm³/mol. The van der Waals surface area contributed by atoms with Crippen LogP contribution in [0.5, 0.6) is 0 Å². The van der Waals surface area contributed by atoms with Gasteiger partial charge in [-0.2, -0.15) is 0 Å². The number of rotatable bonds is 3. The van der Waals surface area contributed by atoms with Gasteiger partial charge in [-0.25, -0.2) is 0 Å². The predicted octanol–water partition coefficient (Wildman–Crippen LogP) is -0.00230. The van der Waals surface area contributed by atoms with Crippen LogP contribution in [0, 0.1) is 0 Å². The molecule has 0 saturated heterocycles. The Hall–Kier alpha value is -1.01. The largest absolute Gasteiger partial charge is 0.322 e. The van der Waals surface area contributed by atoms with Crippen molar-refractivity contribution in [2.75, 3.05) is 11.9 Å². The fourth-order valence-electron chi connectivity index (χ4n) is 0.617. The highest BCUT2D eigenvalue weighted by Gasteiger charge is 2.04. The van der Waals surface area contributed by atoms with Crippen molar-refractivity contribution < 1.29 is 4.79 Å². The Morgan fingerprint density at radius 2 is 2.42 bits per heavy atom. The van der Waals surface area contributed by atoms with Gasteiger partial charge < -0.3 is 5.73 Å². The lowest BCUT2D eigenvalue weighted by Gasteiger charge is -1.94. The standard InChI is InChI=1S/C6H10N4OS/c1-2-5-9-10-6(12-5)8-4(11)3-7/h2-3,7H2,1H3,(H,8,10,11). The van der Waals surface area contributed by atoms with Crippen molar-refractivity contribution in [3.05, 3.63) is 5.01 Å². The van der Waals surface area contributed by atoms with Gasteiger partial charge in [0.25, 0.3) is 0 Å². The number of amides is 1. The van der Waals surface area contributed by atoms with Gasteiger partial charge in [-0.05, 0) is 6.42 Å². The summed E-state index contributed by atoms with van der Waals surface area (Å²) in [5.41, 5.74) is 5.10. The fourth-order valence-corrected chi connectivity index (χ4v) is 1.31. The monoisotopic (exact) mass is 186 g/mol. The van der Waals surface area contributed by atoms with E-state index >= 15 is 0 Å². The highest BCUT2D eigenvalue weighted by atomic mass is 32.1. The molecule has 0 radical (unpaired) electrons. The number of nitrogens with two attached hydrogens (primary N) is 1. The van der Waals surface area contributed by atoms with Crippen molar-refractivity contribution in [3.63, 3.8) is 0 Å². The molecule has 0 aliphatic heterocycles. The number of nitrogens with one attached hydrogen (secondary N) is 1. The number of hydrogen-bond donors (Lipinski definition) is 2. The second-order valence-corrected chi connectivity index (χ2v) is 3.17. The van der Waals surface area contributed by atoms with E-state index in [1.807, 2.05) is 6.92 Å². The first-order chi connectivity index (χ1) is 5.76. The van der Waals surface area contributed by atoms with Gasteiger partial charge in [0, 0.05) is 0 Å². The van der Waals surface area contributed by atoms with Gasteiger partial charge in [-0.1, -0.05) is 18.3 Å². The lowest BCUT2D eigenvalue weighted by Crippen LogP contribution is -2.21. The van der Waals surface area contributed by atoms with Crippen molar-refractivity contribution in [3.8, 4) is 0 Å². The molecule has 1 heterocycles. The Bertz CT molecular complexity index is 272. The van der Waals surface area contributed by atoms with E-state index < -0.39 is 0 Å². The normalized spacial score (nSPS) is 9.83.